The van der Waals surface area contributed by atoms with Gasteiger partial charge in [-0.3, -0.25) is 0 Å². The number of nitrogens with zero attached hydrogens (tertiary/aromatic N) is 1. The lowest BCUT2D eigenvalue weighted by molar-refractivity contribution is -0.131. The summed E-state index contributed by atoms with van der Waals surface area (Å²) < 4.78 is 8.03. The maximum absolute atomic E-state index is 12.0. The first-order chi connectivity index (χ1) is 15.0. The van der Waals surface area contributed by atoms with Gasteiger partial charge in [-0.15, -0.1) is 0 Å². The van der Waals surface area contributed by atoms with Gasteiger partial charge in [-0.1, -0.05) is 42.5 Å². The second kappa shape index (κ2) is 10.0. The number of H-pyrrole nitrogens is 1. The molecule has 0 unspecified atom stereocenters. The van der Waals surface area contributed by atoms with Crippen LogP contribution in [-0.2, 0) is 11.4 Å². The second-order valence-corrected chi connectivity index (χ2v) is 9.99. The molecule has 156 valence electrons. The first-order valence-corrected chi connectivity index (χ1v) is 12.2. The van der Waals surface area contributed by atoms with Crippen LogP contribution < -0.4 is 4.74 Å². The fraction of sp³-hybridized carbons (Fsp3) is 0.0435. The lowest BCUT2D eigenvalue weighted by atomic mass is 10.2. The molecule has 0 atom stereocenters. The van der Waals surface area contributed by atoms with E-state index >= 15 is 0 Å². The van der Waals surface area contributed by atoms with Crippen LogP contribution >= 0.6 is 56.9 Å². The van der Waals surface area contributed by atoms with Gasteiger partial charge in [-0.2, -0.15) is 0 Å². The summed E-state index contributed by atoms with van der Waals surface area (Å²) >= 11 is 5.53. The van der Waals surface area contributed by atoms with Gasteiger partial charge >= 0.3 is 5.97 Å². The Hall–Kier alpha value is -2.05. The van der Waals surface area contributed by atoms with E-state index in [1.165, 1.54) is 0 Å². The summed E-state index contributed by atoms with van der Waals surface area (Å²) in [5.74, 6) is -0.359. The van der Waals surface area contributed by atoms with Crippen molar-refractivity contribution in [3.63, 3.8) is 0 Å². The quantitative estimate of drug-likeness (QED) is 0.134. The summed E-state index contributed by atoms with van der Waals surface area (Å²) in [5, 5.41) is 10.4. The van der Waals surface area contributed by atoms with Gasteiger partial charge < -0.3 is 14.8 Å². The molecule has 3 aromatic carbocycles. The van der Waals surface area contributed by atoms with Gasteiger partial charge in [-0.25, -0.2) is 9.78 Å². The monoisotopic (exact) mass is 654 g/mol. The number of para-hydroxylation sites is 2. The summed E-state index contributed by atoms with van der Waals surface area (Å²) in [6, 6.07) is 21.4. The molecule has 0 fully saturated rings. The number of aromatic amines is 1. The zero-order chi connectivity index (χ0) is 21.8. The highest BCUT2D eigenvalue weighted by Gasteiger charge is 2.16. The van der Waals surface area contributed by atoms with E-state index in [0.717, 1.165) is 35.5 Å². The van der Waals surface area contributed by atoms with E-state index in [2.05, 4.69) is 55.1 Å². The molecule has 0 aliphatic rings. The van der Waals surface area contributed by atoms with Crippen LogP contribution in [0.1, 0.15) is 11.1 Å². The van der Waals surface area contributed by atoms with E-state index in [1.807, 2.05) is 66.7 Å². The van der Waals surface area contributed by atoms with Crippen molar-refractivity contribution in [1.82, 2.24) is 9.97 Å². The Bertz CT molecular complexity index is 1240. The summed E-state index contributed by atoms with van der Waals surface area (Å²) in [4.78, 5) is 19.8. The summed E-state index contributed by atoms with van der Waals surface area (Å²) in [5.41, 5.74) is 3.42. The third kappa shape index (κ3) is 5.60. The molecule has 0 saturated heterocycles. The minimum Gasteiger partial charge on any atom is -0.487 e. The Morgan fingerprint density at radius 3 is 2.58 bits per heavy atom. The van der Waals surface area contributed by atoms with Gasteiger partial charge in [0.1, 0.15) is 17.3 Å². The average Bonchev–Trinajstić information content (AvgIpc) is 3.15. The lowest BCUT2D eigenvalue weighted by Gasteiger charge is -2.13. The number of carboxylic acid groups (broad SMARTS) is 1. The molecule has 8 heteroatoms. The molecule has 0 spiro atoms. The summed E-state index contributed by atoms with van der Waals surface area (Å²) in [6.45, 7) is 0.400. The normalized spacial score (nSPS) is 11.6. The van der Waals surface area contributed by atoms with Crippen LogP contribution in [0, 0.1) is 7.14 Å². The Balaban J connectivity index is 1.67. The highest BCUT2D eigenvalue weighted by atomic mass is 127. The topological polar surface area (TPSA) is 75.2 Å². The number of rotatable bonds is 7. The maximum atomic E-state index is 12.0. The van der Waals surface area contributed by atoms with Crippen LogP contribution in [0.25, 0.3) is 17.1 Å². The number of hydrogen-bond acceptors (Lipinski definition) is 4. The van der Waals surface area contributed by atoms with Gasteiger partial charge in [0.15, 0.2) is 5.16 Å². The van der Waals surface area contributed by atoms with Crippen molar-refractivity contribution >= 4 is 80.0 Å². The molecule has 31 heavy (non-hydrogen) atoms. The van der Waals surface area contributed by atoms with Crippen molar-refractivity contribution in [1.29, 1.82) is 0 Å². The molecule has 0 amide bonds. The van der Waals surface area contributed by atoms with Crippen LogP contribution in [-0.4, -0.2) is 21.0 Å². The molecular weight excluding hydrogens is 638 g/mol. The largest absolute Gasteiger partial charge is 0.487 e. The van der Waals surface area contributed by atoms with Gasteiger partial charge in [0.25, 0.3) is 0 Å². The number of nitrogens with one attached hydrogen (secondary N) is 1. The predicted molar refractivity (Wildman–Crippen MR) is 140 cm³/mol. The predicted octanol–water partition coefficient (Wildman–Crippen LogP) is 6.57. The number of carbonyl (C=O) groups is 1. The second-order valence-electron chi connectivity index (χ2n) is 6.56. The number of benzene rings is 3. The molecule has 0 aliphatic heterocycles. The number of carboxylic acids is 1. The zero-order valence-electron chi connectivity index (χ0n) is 16.0. The van der Waals surface area contributed by atoms with E-state index in [-0.39, 0.29) is 4.91 Å². The van der Waals surface area contributed by atoms with Crippen LogP contribution in [0.4, 0.5) is 0 Å². The highest BCUT2D eigenvalue weighted by Crippen LogP contribution is 2.34. The molecule has 4 rings (SSSR count). The summed E-state index contributed by atoms with van der Waals surface area (Å²) in [7, 11) is 0. The van der Waals surface area contributed by atoms with Crippen molar-refractivity contribution in [2.24, 2.45) is 0 Å². The zero-order valence-corrected chi connectivity index (χ0v) is 21.1. The first kappa shape index (κ1) is 22.2. The van der Waals surface area contributed by atoms with Gasteiger partial charge in [0, 0.05) is 9.13 Å². The van der Waals surface area contributed by atoms with E-state index in [9.17, 15) is 9.90 Å². The van der Waals surface area contributed by atoms with Crippen molar-refractivity contribution in [3.8, 4) is 5.75 Å². The minimum absolute atomic E-state index is 0.154. The number of fused-ring (bicyclic) bond motifs is 1. The van der Waals surface area contributed by atoms with Crippen LogP contribution in [0.3, 0.4) is 0 Å². The fourth-order valence-corrected chi connectivity index (χ4v) is 5.76. The number of hydrogen-bond donors (Lipinski definition) is 2. The molecule has 2 N–H and O–H groups in total. The van der Waals surface area contributed by atoms with Crippen LogP contribution in [0.2, 0.25) is 0 Å². The number of halogens is 2. The average molecular weight is 654 g/mol. The highest BCUT2D eigenvalue weighted by molar-refractivity contribution is 14.1. The smallest absolute Gasteiger partial charge is 0.342 e. The number of imidazole rings is 1. The molecule has 1 heterocycles. The van der Waals surface area contributed by atoms with Crippen molar-refractivity contribution in [3.05, 3.63) is 89.9 Å². The molecule has 5 nitrogen and oxygen atoms in total. The number of thioether (sulfide) groups is 1. The molecular formula is C23H16I2N2O3S. The minimum atomic E-state index is -1.02. The molecule has 0 aliphatic carbocycles. The molecule has 1 aromatic heterocycles. The Morgan fingerprint density at radius 2 is 1.84 bits per heavy atom. The van der Waals surface area contributed by atoms with Gasteiger partial charge in [-0.05, 0) is 92.8 Å². The third-order valence-corrected chi connectivity index (χ3v) is 6.66. The lowest BCUT2D eigenvalue weighted by Crippen LogP contribution is -2.01. The van der Waals surface area contributed by atoms with Crippen molar-refractivity contribution < 1.29 is 14.6 Å². The van der Waals surface area contributed by atoms with Crippen LogP contribution in [0.15, 0.2) is 76.8 Å². The number of ether oxygens (including phenoxy) is 1. The molecule has 0 radical (unpaired) electrons. The standard InChI is InChI=1S/C23H16I2N2O3S/c24-16-10-15(21(17(25)12-16)30-13-14-6-2-1-3-7-14)11-20(22(28)29)31-23-26-18-8-4-5-9-19(18)27-23/h1-12H,13H2,(H,26,27)(H,28,29)/b20-11-. The van der Waals surface area contributed by atoms with E-state index in [1.54, 1.807) is 6.08 Å². The number of aliphatic carboxylic acids is 1. The van der Waals surface area contributed by atoms with E-state index in [0.29, 0.717) is 23.1 Å². The molecule has 0 bridgehead atoms. The van der Waals surface area contributed by atoms with Crippen molar-refractivity contribution in [2.45, 2.75) is 11.8 Å². The molecule has 4 aromatic rings. The fourth-order valence-electron chi connectivity index (χ4n) is 2.93. The Labute approximate surface area is 210 Å². The SMILES string of the molecule is O=C(O)/C(=C/c1cc(I)cc(I)c1OCc1ccccc1)Sc1nc2ccccc2[nH]1. The van der Waals surface area contributed by atoms with E-state index < -0.39 is 5.97 Å². The Kier molecular flexibility index (Phi) is 7.18. The van der Waals surface area contributed by atoms with Crippen LogP contribution in [0.5, 0.6) is 5.75 Å². The first-order valence-electron chi connectivity index (χ1n) is 9.23. The Morgan fingerprint density at radius 1 is 1.10 bits per heavy atom. The number of aromatic nitrogens is 2. The molecule has 0 saturated carbocycles. The van der Waals surface area contributed by atoms with E-state index in [4.69, 9.17) is 4.74 Å². The van der Waals surface area contributed by atoms with Gasteiger partial charge in [0.2, 0.25) is 0 Å². The summed E-state index contributed by atoms with van der Waals surface area (Å²) in [6.07, 6.45) is 1.64. The van der Waals surface area contributed by atoms with Crippen molar-refractivity contribution in [2.75, 3.05) is 0 Å². The van der Waals surface area contributed by atoms with Gasteiger partial charge in [0.05, 0.1) is 14.6 Å². The maximum Gasteiger partial charge on any atom is 0.342 e. The third-order valence-electron chi connectivity index (χ3n) is 4.33.